The van der Waals surface area contributed by atoms with Gasteiger partial charge in [-0.2, -0.15) is 0 Å². The van der Waals surface area contributed by atoms with E-state index in [0.717, 1.165) is 25.9 Å². The van der Waals surface area contributed by atoms with Crippen molar-refractivity contribution in [3.8, 4) is 5.75 Å². The van der Waals surface area contributed by atoms with Crippen LogP contribution in [0.5, 0.6) is 5.75 Å². The van der Waals surface area contributed by atoms with Crippen LogP contribution >= 0.6 is 12.4 Å². The zero-order chi connectivity index (χ0) is 15.2. The maximum atomic E-state index is 12.3. The number of anilines is 2. The minimum absolute atomic E-state index is 0. The highest BCUT2D eigenvalue weighted by molar-refractivity contribution is 6.00. The maximum Gasteiger partial charge on any atom is 0.227 e. The number of rotatable bonds is 4. The highest BCUT2D eigenvalue weighted by Gasteiger charge is 2.21. The average Bonchev–Trinajstić information content (AvgIpc) is 2.49. The molecule has 122 valence electrons. The molecule has 1 heterocycles. The molecule has 0 aliphatic carbocycles. The molecular formula is C15H22ClN3O3. The second-order valence-electron chi connectivity index (χ2n) is 5.11. The lowest BCUT2D eigenvalue weighted by molar-refractivity contribution is -0.120. The Labute approximate surface area is 136 Å². The minimum Gasteiger partial charge on any atom is -0.497 e. The lowest BCUT2D eigenvalue weighted by atomic mass is 9.97. The molecule has 22 heavy (non-hydrogen) atoms. The first-order valence-electron chi connectivity index (χ1n) is 7.07. The van der Waals surface area contributed by atoms with E-state index in [-0.39, 0.29) is 30.1 Å². The first-order chi connectivity index (χ1) is 10.1. The number of benzene rings is 1. The van der Waals surface area contributed by atoms with Gasteiger partial charge in [0.1, 0.15) is 5.75 Å². The highest BCUT2D eigenvalue weighted by atomic mass is 35.5. The van der Waals surface area contributed by atoms with Crippen LogP contribution in [0, 0.1) is 5.92 Å². The topological polar surface area (TPSA) is 79.5 Å². The SMILES string of the molecule is COc1ccc(NC(C)=O)c(NC(=O)C2CCNCC2)c1.Cl. The van der Waals surface area contributed by atoms with Crippen LogP contribution < -0.4 is 20.7 Å². The number of piperidine rings is 1. The largest absolute Gasteiger partial charge is 0.497 e. The van der Waals surface area contributed by atoms with Gasteiger partial charge in [-0.25, -0.2) is 0 Å². The Morgan fingerprint density at radius 2 is 1.86 bits per heavy atom. The molecular weight excluding hydrogens is 306 g/mol. The number of carbonyl (C=O) groups excluding carboxylic acids is 2. The Morgan fingerprint density at radius 3 is 2.45 bits per heavy atom. The second-order valence-corrected chi connectivity index (χ2v) is 5.11. The van der Waals surface area contributed by atoms with Gasteiger partial charge in [-0.05, 0) is 38.1 Å². The molecule has 0 bridgehead atoms. The van der Waals surface area contributed by atoms with Crippen LogP contribution in [0.2, 0.25) is 0 Å². The Balaban J connectivity index is 0.00000242. The summed E-state index contributed by atoms with van der Waals surface area (Å²) >= 11 is 0. The number of nitrogens with one attached hydrogen (secondary N) is 3. The van der Waals surface area contributed by atoms with Crippen LogP contribution in [-0.2, 0) is 9.59 Å². The summed E-state index contributed by atoms with van der Waals surface area (Å²) in [5.74, 6) is 0.432. The monoisotopic (exact) mass is 327 g/mol. The van der Waals surface area contributed by atoms with Gasteiger partial charge in [0.25, 0.3) is 0 Å². The first-order valence-corrected chi connectivity index (χ1v) is 7.07. The Morgan fingerprint density at radius 1 is 1.18 bits per heavy atom. The number of amides is 2. The third kappa shape index (κ3) is 4.89. The van der Waals surface area contributed by atoms with E-state index in [9.17, 15) is 9.59 Å². The van der Waals surface area contributed by atoms with Gasteiger partial charge in [0.05, 0.1) is 18.5 Å². The van der Waals surface area contributed by atoms with E-state index in [2.05, 4.69) is 16.0 Å². The van der Waals surface area contributed by atoms with Gasteiger partial charge in [-0.1, -0.05) is 0 Å². The highest BCUT2D eigenvalue weighted by Crippen LogP contribution is 2.28. The van der Waals surface area contributed by atoms with Gasteiger partial charge < -0.3 is 20.7 Å². The minimum atomic E-state index is -0.183. The van der Waals surface area contributed by atoms with E-state index in [0.29, 0.717) is 17.1 Å². The Hall–Kier alpha value is -1.79. The average molecular weight is 328 g/mol. The van der Waals surface area contributed by atoms with Gasteiger partial charge in [-0.3, -0.25) is 9.59 Å². The Kier molecular flexibility index (Phi) is 7.14. The van der Waals surface area contributed by atoms with Crippen molar-refractivity contribution in [3.05, 3.63) is 18.2 Å². The molecule has 0 radical (unpaired) electrons. The van der Waals surface area contributed by atoms with E-state index < -0.39 is 0 Å². The predicted molar refractivity (Wildman–Crippen MR) is 88.8 cm³/mol. The molecule has 2 rings (SSSR count). The zero-order valence-corrected chi connectivity index (χ0v) is 13.6. The molecule has 7 heteroatoms. The van der Waals surface area contributed by atoms with Crippen LogP contribution in [0.4, 0.5) is 11.4 Å². The second kappa shape index (κ2) is 8.60. The van der Waals surface area contributed by atoms with E-state index >= 15 is 0 Å². The molecule has 0 aromatic heterocycles. The summed E-state index contributed by atoms with van der Waals surface area (Å²) in [7, 11) is 1.56. The van der Waals surface area contributed by atoms with Gasteiger partial charge in [0, 0.05) is 18.9 Å². The number of halogens is 1. The molecule has 1 fully saturated rings. The smallest absolute Gasteiger partial charge is 0.227 e. The molecule has 0 atom stereocenters. The van der Waals surface area contributed by atoms with Crippen molar-refractivity contribution in [2.75, 3.05) is 30.8 Å². The molecule has 0 spiro atoms. The number of carbonyl (C=O) groups is 2. The molecule has 3 N–H and O–H groups in total. The first kappa shape index (κ1) is 18.3. The summed E-state index contributed by atoms with van der Waals surface area (Å²) in [4.78, 5) is 23.6. The van der Waals surface area contributed by atoms with E-state index in [4.69, 9.17) is 4.74 Å². The predicted octanol–water partition coefficient (Wildman–Crippen LogP) is 2.01. The van der Waals surface area contributed by atoms with Crippen molar-refractivity contribution in [2.24, 2.45) is 5.92 Å². The van der Waals surface area contributed by atoms with E-state index in [1.54, 1.807) is 25.3 Å². The number of methoxy groups -OCH3 is 1. The summed E-state index contributed by atoms with van der Waals surface area (Å²) < 4.78 is 5.17. The van der Waals surface area contributed by atoms with Crippen molar-refractivity contribution in [1.82, 2.24) is 5.32 Å². The molecule has 1 aromatic carbocycles. The third-order valence-corrected chi connectivity index (χ3v) is 3.51. The molecule has 0 saturated carbocycles. The van der Waals surface area contributed by atoms with Crippen LogP contribution in [0.1, 0.15) is 19.8 Å². The quantitative estimate of drug-likeness (QED) is 0.790. The number of hydrogen-bond acceptors (Lipinski definition) is 4. The summed E-state index contributed by atoms with van der Waals surface area (Å²) in [6, 6.07) is 5.17. The molecule has 1 aliphatic rings. The number of hydrogen-bond donors (Lipinski definition) is 3. The summed E-state index contributed by atoms with van der Waals surface area (Å²) in [5, 5.41) is 8.84. The van der Waals surface area contributed by atoms with Crippen molar-refractivity contribution in [2.45, 2.75) is 19.8 Å². The lowest BCUT2D eigenvalue weighted by Gasteiger charge is -2.22. The standard InChI is InChI=1S/C15H21N3O3.ClH/c1-10(19)17-13-4-3-12(21-2)9-14(13)18-15(20)11-5-7-16-8-6-11;/h3-4,9,11,16H,5-8H2,1-2H3,(H,17,19)(H,18,20);1H. The molecule has 6 nitrogen and oxygen atoms in total. The molecule has 1 aromatic rings. The van der Waals surface area contributed by atoms with Crippen molar-refractivity contribution in [1.29, 1.82) is 0 Å². The fourth-order valence-corrected chi connectivity index (χ4v) is 2.37. The fraction of sp³-hybridized carbons (Fsp3) is 0.467. The van der Waals surface area contributed by atoms with Crippen molar-refractivity contribution >= 4 is 35.6 Å². The van der Waals surface area contributed by atoms with Gasteiger partial charge >= 0.3 is 0 Å². The fourth-order valence-electron chi connectivity index (χ4n) is 2.37. The Bertz CT molecular complexity index is 531. The molecule has 0 unspecified atom stereocenters. The third-order valence-electron chi connectivity index (χ3n) is 3.51. The van der Waals surface area contributed by atoms with Crippen LogP contribution in [-0.4, -0.2) is 32.0 Å². The van der Waals surface area contributed by atoms with Gasteiger partial charge in [-0.15, -0.1) is 12.4 Å². The summed E-state index contributed by atoms with van der Waals surface area (Å²) in [5.41, 5.74) is 1.14. The number of ether oxygens (including phenoxy) is 1. The van der Waals surface area contributed by atoms with Crippen LogP contribution in [0.25, 0.3) is 0 Å². The van der Waals surface area contributed by atoms with E-state index in [1.165, 1.54) is 6.92 Å². The molecule has 1 saturated heterocycles. The van der Waals surface area contributed by atoms with Gasteiger partial charge in [0.15, 0.2) is 0 Å². The summed E-state index contributed by atoms with van der Waals surface area (Å²) in [6.45, 7) is 3.14. The normalized spacial score (nSPS) is 14.6. The summed E-state index contributed by atoms with van der Waals surface area (Å²) in [6.07, 6.45) is 1.65. The van der Waals surface area contributed by atoms with Gasteiger partial charge in [0.2, 0.25) is 11.8 Å². The van der Waals surface area contributed by atoms with Crippen LogP contribution in [0.3, 0.4) is 0 Å². The molecule has 2 amide bonds. The zero-order valence-electron chi connectivity index (χ0n) is 12.8. The molecule has 1 aliphatic heterocycles. The maximum absolute atomic E-state index is 12.3. The lowest BCUT2D eigenvalue weighted by Crippen LogP contribution is -2.34. The van der Waals surface area contributed by atoms with Crippen LogP contribution in [0.15, 0.2) is 18.2 Å². The van der Waals surface area contributed by atoms with Crippen molar-refractivity contribution < 1.29 is 14.3 Å². The van der Waals surface area contributed by atoms with Crippen molar-refractivity contribution in [3.63, 3.8) is 0 Å². The van der Waals surface area contributed by atoms with E-state index in [1.807, 2.05) is 0 Å².